The first-order valence-electron chi connectivity index (χ1n) is 4.21. The SMILES string of the molecule is CCOC(=O)CC1=CC(O)CC1=O. The van der Waals surface area contributed by atoms with Crippen molar-refractivity contribution in [3.05, 3.63) is 11.6 Å². The second-order valence-electron chi connectivity index (χ2n) is 2.87. The van der Waals surface area contributed by atoms with Gasteiger partial charge in [-0.3, -0.25) is 9.59 Å². The summed E-state index contributed by atoms with van der Waals surface area (Å²) in [6, 6.07) is 0. The largest absolute Gasteiger partial charge is 0.466 e. The van der Waals surface area contributed by atoms with E-state index in [1.54, 1.807) is 6.92 Å². The van der Waals surface area contributed by atoms with Gasteiger partial charge in [-0.2, -0.15) is 0 Å². The summed E-state index contributed by atoms with van der Waals surface area (Å²) in [6.07, 6.45) is 0.759. The number of esters is 1. The molecule has 0 aliphatic heterocycles. The number of rotatable bonds is 3. The summed E-state index contributed by atoms with van der Waals surface area (Å²) in [4.78, 5) is 22.0. The monoisotopic (exact) mass is 184 g/mol. The Labute approximate surface area is 76.2 Å². The summed E-state index contributed by atoms with van der Waals surface area (Å²) in [6.45, 7) is 2.01. The molecule has 0 saturated carbocycles. The zero-order chi connectivity index (χ0) is 9.84. The molecule has 0 radical (unpaired) electrons. The van der Waals surface area contributed by atoms with Crippen LogP contribution in [0.5, 0.6) is 0 Å². The molecule has 4 nitrogen and oxygen atoms in total. The summed E-state index contributed by atoms with van der Waals surface area (Å²) in [5.41, 5.74) is 0.367. The Morgan fingerprint density at radius 3 is 2.92 bits per heavy atom. The first-order valence-corrected chi connectivity index (χ1v) is 4.21. The zero-order valence-electron chi connectivity index (χ0n) is 7.45. The van der Waals surface area contributed by atoms with Gasteiger partial charge in [-0.15, -0.1) is 0 Å². The van der Waals surface area contributed by atoms with E-state index in [0.717, 1.165) is 0 Å². The van der Waals surface area contributed by atoms with Crippen molar-refractivity contribution in [2.24, 2.45) is 0 Å². The Hall–Kier alpha value is -1.16. The number of carbonyl (C=O) groups is 2. The number of Topliss-reactive ketones (excluding diaryl/α,β-unsaturated/α-hetero) is 1. The van der Waals surface area contributed by atoms with Crippen molar-refractivity contribution in [1.29, 1.82) is 0 Å². The van der Waals surface area contributed by atoms with Crippen molar-refractivity contribution in [2.75, 3.05) is 6.61 Å². The lowest BCUT2D eigenvalue weighted by Crippen LogP contribution is -2.08. The van der Waals surface area contributed by atoms with E-state index in [9.17, 15) is 9.59 Å². The minimum absolute atomic E-state index is 0.0241. The van der Waals surface area contributed by atoms with Gasteiger partial charge in [-0.05, 0) is 13.0 Å². The van der Waals surface area contributed by atoms with Gasteiger partial charge in [0, 0.05) is 12.0 Å². The molecule has 0 fully saturated rings. The Kier molecular flexibility index (Phi) is 3.19. The number of hydrogen-bond donors (Lipinski definition) is 1. The van der Waals surface area contributed by atoms with E-state index in [-0.39, 0.29) is 18.6 Å². The van der Waals surface area contributed by atoms with Crippen LogP contribution in [0.15, 0.2) is 11.6 Å². The first kappa shape index (κ1) is 9.92. The van der Waals surface area contributed by atoms with Crippen LogP contribution >= 0.6 is 0 Å². The van der Waals surface area contributed by atoms with E-state index in [2.05, 4.69) is 4.74 Å². The lowest BCUT2D eigenvalue weighted by molar-refractivity contribution is -0.142. The van der Waals surface area contributed by atoms with Crippen LogP contribution in [0.3, 0.4) is 0 Å². The average Bonchev–Trinajstić information content (AvgIpc) is 2.30. The molecular weight excluding hydrogens is 172 g/mol. The fraction of sp³-hybridized carbons (Fsp3) is 0.556. The molecule has 1 aliphatic carbocycles. The van der Waals surface area contributed by atoms with Crippen LogP contribution in [0, 0.1) is 0 Å². The highest BCUT2D eigenvalue weighted by Crippen LogP contribution is 2.17. The Balaban J connectivity index is 2.49. The zero-order valence-corrected chi connectivity index (χ0v) is 7.45. The normalized spacial score (nSPS) is 21.5. The van der Waals surface area contributed by atoms with Gasteiger partial charge in [-0.25, -0.2) is 0 Å². The van der Waals surface area contributed by atoms with Crippen LogP contribution in [0.1, 0.15) is 19.8 Å². The highest BCUT2D eigenvalue weighted by molar-refractivity contribution is 6.01. The molecule has 13 heavy (non-hydrogen) atoms. The van der Waals surface area contributed by atoms with Crippen molar-refractivity contribution in [1.82, 2.24) is 0 Å². The predicted octanol–water partition coefficient (Wildman–Crippen LogP) is 0.200. The van der Waals surface area contributed by atoms with Crippen LogP contribution < -0.4 is 0 Å². The third kappa shape index (κ3) is 2.66. The summed E-state index contributed by atoms with van der Waals surface area (Å²) >= 11 is 0. The van der Waals surface area contributed by atoms with Crippen LogP contribution in [0.4, 0.5) is 0 Å². The Morgan fingerprint density at radius 1 is 1.77 bits per heavy atom. The highest BCUT2D eigenvalue weighted by atomic mass is 16.5. The molecule has 0 saturated heterocycles. The van der Waals surface area contributed by atoms with Gasteiger partial charge >= 0.3 is 5.97 Å². The molecule has 0 amide bonds. The van der Waals surface area contributed by atoms with E-state index in [0.29, 0.717) is 12.2 Å². The quantitative estimate of drug-likeness (QED) is 0.636. The van der Waals surface area contributed by atoms with Crippen molar-refractivity contribution in [2.45, 2.75) is 25.9 Å². The van der Waals surface area contributed by atoms with Crippen LogP contribution in [-0.4, -0.2) is 29.6 Å². The van der Waals surface area contributed by atoms with E-state index < -0.39 is 12.1 Å². The smallest absolute Gasteiger partial charge is 0.310 e. The molecule has 1 unspecified atom stereocenters. The van der Waals surface area contributed by atoms with E-state index >= 15 is 0 Å². The van der Waals surface area contributed by atoms with Crippen molar-refractivity contribution < 1.29 is 19.4 Å². The van der Waals surface area contributed by atoms with Crippen LogP contribution in [0.25, 0.3) is 0 Å². The first-order chi connectivity index (χ1) is 6.13. The topological polar surface area (TPSA) is 63.6 Å². The summed E-state index contributed by atoms with van der Waals surface area (Å²) in [5.74, 6) is -0.586. The molecule has 0 aromatic heterocycles. The van der Waals surface area contributed by atoms with Gasteiger partial charge in [0.05, 0.1) is 19.1 Å². The van der Waals surface area contributed by atoms with E-state index in [1.165, 1.54) is 6.08 Å². The number of aliphatic hydroxyl groups excluding tert-OH is 1. The molecule has 0 spiro atoms. The molecule has 1 N–H and O–H groups in total. The maximum absolute atomic E-state index is 11.1. The second kappa shape index (κ2) is 4.18. The highest BCUT2D eigenvalue weighted by Gasteiger charge is 2.24. The van der Waals surface area contributed by atoms with Gasteiger partial charge in [0.1, 0.15) is 0 Å². The van der Waals surface area contributed by atoms with E-state index in [4.69, 9.17) is 5.11 Å². The summed E-state index contributed by atoms with van der Waals surface area (Å²) < 4.78 is 4.67. The minimum atomic E-state index is -0.725. The standard InChI is InChI=1S/C9H12O4/c1-2-13-9(12)4-6-3-7(10)5-8(6)11/h3,7,10H,2,4-5H2,1H3. The number of carbonyl (C=O) groups excluding carboxylic acids is 2. The number of ketones is 1. The molecule has 1 rings (SSSR count). The fourth-order valence-electron chi connectivity index (χ4n) is 1.23. The third-order valence-electron chi connectivity index (χ3n) is 1.79. The van der Waals surface area contributed by atoms with Gasteiger partial charge in [0.15, 0.2) is 5.78 Å². The molecule has 0 heterocycles. The van der Waals surface area contributed by atoms with Gasteiger partial charge in [0.2, 0.25) is 0 Å². The van der Waals surface area contributed by atoms with Gasteiger partial charge < -0.3 is 9.84 Å². The second-order valence-corrected chi connectivity index (χ2v) is 2.87. The van der Waals surface area contributed by atoms with Crippen molar-refractivity contribution >= 4 is 11.8 Å². The minimum Gasteiger partial charge on any atom is -0.466 e. The maximum Gasteiger partial charge on any atom is 0.310 e. The lowest BCUT2D eigenvalue weighted by atomic mass is 10.1. The average molecular weight is 184 g/mol. The molecule has 1 aliphatic rings. The number of hydrogen-bond acceptors (Lipinski definition) is 4. The Bertz CT molecular complexity index is 254. The van der Waals surface area contributed by atoms with Gasteiger partial charge in [-0.1, -0.05) is 0 Å². The molecule has 72 valence electrons. The van der Waals surface area contributed by atoms with E-state index in [1.807, 2.05) is 0 Å². The van der Waals surface area contributed by atoms with Crippen LogP contribution in [0.2, 0.25) is 0 Å². The molecule has 4 heteroatoms. The van der Waals surface area contributed by atoms with Crippen molar-refractivity contribution in [3.63, 3.8) is 0 Å². The third-order valence-corrected chi connectivity index (χ3v) is 1.79. The predicted molar refractivity (Wildman–Crippen MR) is 45.0 cm³/mol. The Morgan fingerprint density at radius 2 is 2.46 bits per heavy atom. The maximum atomic E-state index is 11.1. The molecule has 1 atom stereocenters. The van der Waals surface area contributed by atoms with Crippen LogP contribution in [-0.2, 0) is 14.3 Å². The lowest BCUT2D eigenvalue weighted by Gasteiger charge is -2.00. The van der Waals surface area contributed by atoms with Crippen molar-refractivity contribution in [3.8, 4) is 0 Å². The molecule has 0 aromatic rings. The summed E-state index contributed by atoms with van der Waals surface area (Å²) in [7, 11) is 0. The number of ether oxygens (including phenoxy) is 1. The fourth-order valence-corrected chi connectivity index (χ4v) is 1.23. The molecule has 0 bridgehead atoms. The summed E-state index contributed by atoms with van der Waals surface area (Å²) in [5, 5.41) is 9.06. The molecule has 0 aromatic carbocycles. The number of aliphatic hydroxyl groups is 1. The molecular formula is C9H12O4. The van der Waals surface area contributed by atoms with Gasteiger partial charge in [0.25, 0.3) is 0 Å².